The van der Waals surface area contributed by atoms with Gasteiger partial charge in [-0.1, -0.05) is 19.1 Å². The van der Waals surface area contributed by atoms with Gasteiger partial charge in [0, 0.05) is 6.54 Å². The van der Waals surface area contributed by atoms with E-state index < -0.39 is 0 Å². The molecule has 0 bridgehead atoms. The van der Waals surface area contributed by atoms with Crippen LogP contribution in [-0.4, -0.2) is 30.4 Å². The monoisotopic (exact) mass is 257 g/mol. The average molecular weight is 257 g/mol. The molecule has 0 radical (unpaired) electrons. The van der Waals surface area contributed by atoms with Crippen molar-refractivity contribution in [3.63, 3.8) is 0 Å². The maximum absolute atomic E-state index is 12.0. The third-order valence-electron chi connectivity index (χ3n) is 3.43. The van der Waals surface area contributed by atoms with E-state index in [1.54, 1.807) is 18.2 Å². The summed E-state index contributed by atoms with van der Waals surface area (Å²) < 4.78 is 0. The SMILES string of the molecule is CC1CCCN(CC(=O)Nc2ccccc2C#N)C1. The van der Waals surface area contributed by atoms with Crippen molar-refractivity contribution in [2.24, 2.45) is 5.92 Å². The molecule has 0 aliphatic carbocycles. The van der Waals surface area contributed by atoms with E-state index in [4.69, 9.17) is 5.26 Å². The number of carbonyl (C=O) groups excluding carboxylic acids is 1. The molecule has 0 saturated carbocycles. The first-order chi connectivity index (χ1) is 9.19. The minimum absolute atomic E-state index is 0.0446. The molecule has 1 atom stereocenters. The van der Waals surface area contributed by atoms with Gasteiger partial charge >= 0.3 is 0 Å². The number of amides is 1. The summed E-state index contributed by atoms with van der Waals surface area (Å²) in [6.45, 7) is 4.59. The topological polar surface area (TPSA) is 56.1 Å². The second-order valence-corrected chi connectivity index (χ2v) is 5.19. The van der Waals surface area contributed by atoms with E-state index in [0.717, 1.165) is 19.5 Å². The van der Waals surface area contributed by atoms with Crippen molar-refractivity contribution in [2.75, 3.05) is 25.0 Å². The normalized spacial score (nSPS) is 19.7. The standard InChI is InChI=1S/C15H19N3O/c1-12-5-4-8-18(10-12)11-15(19)17-14-7-3-2-6-13(14)9-16/h2-3,6-7,12H,4-5,8,10-11H2,1H3,(H,17,19). The fraction of sp³-hybridized carbons (Fsp3) is 0.467. The molecule has 1 amide bonds. The molecule has 1 N–H and O–H groups in total. The number of hydrogen-bond acceptors (Lipinski definition) is 3. The van der Waals surface area contributed by atoms with E-state index in [1.807, 2.05) is 6.07 Å². The number of para-hydroxylation sites is 1. The largest absolute Gasteiger partial charge is 0.324 e. The lowest BCUT2D eigenvalue weighted by molar-refractivity contribution is -0.117. The fourth-order valence-electron chi connectivity index (χ4n) is 2.51. The molecule has 0 aromatic heterocycles. The number of rotatable bonds is 3. The summed E-state index contributed by atoms with van der Waals surface area (Å²) in [4.78, 5) is 14.2. The summed E-state index contributed by atoms with van der Waals surface area (Å²) in [6.07, 6.45) is 2.40. The molecule has 100 valence electrons. The van der Waals surface area contributed by atoms with Crippen LogP contribution in [0.4, 0.5) is 5.69 Å². The van der Waals surface area contributed by atoms with Gasteiger partial charge in [0.15, 0.2) is 0 Å². The molecule has 1 aromatic carbocycles. The van der Waals surface area contributed by atoms with Crippen molar-refractivity contribution in [1.82, 2.24) is 4.90 Å². The number of nitrogens with zero attached hydrogens (tertiary/aromatic N) is 2. The lowest BCUT2D eigenvalue weighted by Gasteiger charge is -2.30. The van der Waals surface area contributed by atoms with E-state index in [1.165, 1.54) is 6.42 Å². The molecule has 1 aromatic rings. The highest BCUT2D eigenvalue weighted by molar-refractivity contribution is 5.93. The number of nitrogens with one attached hydrogen (secondary N) is 1. The third kappa shape index (κ3) is 3.80. The van der Waals surface area contributed by atoms with E-state index >= 15 is 0 Å². The molecule has 1 aliphatic rings. The van der Waals surface area contributed by atoms with Crippen molar-refractivity contribution in [3.05, 3.63) is 29.8 Å². The summed E-state index contributed by atoms with van der Waals surface area (Å²) in [7, 11) is 0. The highest BCUT2D eigenvalue weighted by Gasteiger charge is 2.18. The summed E-state index contributed by atoms with van der Waals surface area (Å²) >= 11 is 0. The Morgan fingerprint density at radius 3 is 3.05 bits per heavy atom. The molecule has 4 heteroatoms. The summed E-state index contributed by atoms with van der Waals surface area (Å²) in [6, 6.07) is 9.16. The van der Waals surface area contributed by atoms with Gasteiger partial charge in [-0.15, -0.1) is 0 Å². The first-order valence-electron chi connectivity index (χ1n) is 6.70. The quantitative estimate of drug-likeness (QED) is 0.903. The summed E-state index contributed by atoms with van der Waals surface area (Å²) in [5.41, 5.74) is 1.10. The Balaban J connectivity index is 1.92. The number of nitriles is 1. The second-order valence-electron chi connectivity index (χ2n) is 5.19. The molecule has 0 spiro atoms. The maximum atomic E-state index is 12.0. The second kappa shape index (κ2) is 6.35. The number of anilines is 1. The number of carbonyl (C=O) groups is 1. The van der Waals surface area contributed by atoms with Gasteiger partial charge in [0.1, 0.15) is 6.07 Å². The molecular weight excluding hydrogens is 238 g/mol. The Hall–Kier alpha value is -1.86. The zero-order chi connectivity index (χ0) is 13.7. The predicted molar refractivity (Wildman–Crippen MR) is 74.6 cm³/mol. The Morgan fingerprint density at radius 2 is 2.32 bits per heavy atom. The average Bonchev–Trinajstić information content (AvgIpc) is 2.39. The number of hydrogen-bond donors (Lipinski definition) is 1. The number of benzene rings is 1. The van der Waals surface area contributed by atoms with Crippen molar-refractivity contribution < 1.29 is 4.79 Å². The van der Waals surface area contributed by atoms with Gasteiger partial charge in [-0.25, -0.2) is 0 Å². The predicted octanol–water partition coefficient (Wildman–Crippen LogP) is 2.23. The molecule has 2 rings (SSSR count). The first-order valence-corrected chi connectivity index (χ1v) is 6.70. The van der Waals surface area contributed by atoms with Crippen molar-refractivity contribution in [3.8, 4) is 6.07 Å². The van der Waals surface area contributed by atoms with Gasteiger partial charge in [-0.2, -0.15) is 5.26 Å². The molecule has 1 fully saturated rings. The minimum Gasteiger partial charge on any atom is -0.324 e. The lowest BCUT2D eigenvalue weighted by atomic mass is 10.0. The lowest BCUT2D eigenvalue weighted by Crippen LogP contribution is -2.39. The van der Waals surface area contributed by atoms with Gasteiger partial charge in [-0.3, -0.25) is 9.69 Å². The van der Waals surface area contributed by atoms with E-state index in [9.17, 15) is 4.79 Å². The van der Waals surface area contributed by atoms with Crippen LogP contribution in [-0.2, 0) is 4.79 Å². The Kier molecular flexibility index (Phi) is 4.53. The van der Waals surface area contributed by atoms with Crippen LogP contribution >= 0.6 is 0 Å². The van der Waals surface area contributed by atoms with Crippen LogP contribution in [0.2, 0.25) is 0 Å². The van der Waals surface area contributed by atoms with Crippen LogP contribution in [0.3, 0.4) is 0 Å². The van der Waals surface area contributed by atoms with Crippen LogP contribution < -0.4 is 5.32 Å². The number of likely N-dealkylation sites (tertiary alicyclic amines) is 1. The van der Waals surface area contributed by atoms with Gasteiger partial charge in [-0.05, 0) is 37.4 Å². The zero-order valence-electron chi connectivity index (χ0n) is 11.2. The fourth-order valence-corrected chi connectivity index (χ4v) is 2.51. The van der Waals surface area contributed by atoms with Crippen LogP contribution in [0, 0.1) is 17.2 Å². The molecular formula is C15H19N3O. The Morgan fingerprint density at radius 1 is 1.53 bits per heavy atom. The molecule has 4 nitrogen and oxygen atoms in total. The maximum Gasteiger partial charge on any atom is 0.238 e. The van der Waals surface area contributed by atoms with Gasteiger partial charge < -0.3 is 5.32 Å². The van der Waals surface area contributed by atoms with E-state index in [0.29, 0.717) is 23.7 Å². The van der Waals surface area contributed by atoms with Crippen molar-refractivity contribution in [2.45, 2.75) is 19.8 Å². The molecule has 19 heavy (non-hydrogen) atoms. The molecule has 1 aliphatic heterocycles. The molecule has 1 heterocycles. The first kappa shape index (κ1) is 13.6. The Labute approximate surface area is 114 Å². The highest BCUT2D eigenvalue weighted by atomic mass is 16.2. The van der Waals surface area contributed by atoms with Crippen LogP contribution in [0.1, 0.15) is 25.3 Å². The van der Waals surface area contributed by atoms with Gasteiger partial charge in [0.05, 0.1) is 17.8 Å². The highest BCUT2D eigenvalue weighted by Crippen LogP contribution is 2.16. The molecule has 1 saturated heterocycles. The third-order valence-corrected chi connectivity index (χ3v) is 3.43. The van der Waals surface area contributed by atoms with E-state index in [-0.39, 0.29) is 5.91 Å². The van der Waals surface area contributed by atoms with E-state index in [2.05, 4.69) is 23.2 Å². The zero-order valence-corrected chi connectivity index (χ0v) is 11.2. The summed E-state index contributed by atoms with van der Waals surface area (Å²) in [5.74, 6) is 0.616. The minimum atomic E-state index is -0.0446. The van der Waals surface area contributed by atoms with Crippen LogP contribution in [0.15, 0.2) is 24.3 Å². The van der Waals surface area contributed by atoms with Gasteiger partial charge in [0.25, 0.3) is 0 Å². The summed E-state index contributed by atoms with van der Waals surface area (Å²) in [5, 5.41) is 11.8. The smallest absolute Gasteiger partial charge is 0.238 e. The van der Waals surface area contributed by atoms with Crippen LogP contribution in [0.25, 0.3) is 0 Å². The number of piperidine rings is 1. The van der Waals surface area contributed by atoms with Gasteiger partial charge in [0.2, 0.25) is 5.91 Å². The Bertz CT molecular complexity index is 492. The van der Waals surface area contributed by atoms with Crippen molar-refractivity contribution >= 4 is 11.6 Å². The van der Waals surface area contributed by atoms with Crippen LogP contribution in [0.5, 0.6) is 0 Å². The van der Waals surface area contributed by atoms with Crippen molar-refractivity contribution in [1.29, 1.82) is 5.26 Å². The molecule has 1 unspecified atom stereocenters.